The summed E-state index contributed by atoms with van der Waals surface area (Å²) in [5.74, 6) is -0.973. The summed E-state index contributed by atoms with van der Waals surface area (Å²) in [6.45, 7) is 1.20. The average Bonchev–Trinajstić information content (AvgIpc) is 3.23. The summed E-state index contributed by atoms with van der Waals surface area (Å²) in [5, 5.41) is 3.92. The van der Waals surface area contributed by atoms with Crippen molar-refractivity contribution in [3.05, 3.63) is 64.8 Å². The Balaban J connectivity index is 1.55. The lowest BCUT2D eigenvalue weighted by Crippen LogP contribution is -2.52. The van der Waals surface area contributed by atoms with E-state index >= 15 is 0 Å². The zero-order valence-electron chi connectivity index (χ0n) is 17.6. The number of carbonyl (C=O) groups excluding carboxylic acids is 2. The van der Waals surface area contributed by atoms with Crippen LogP contribution in [0.2, 0.25) is 5.15 Å². The molecule has 2 amide bonds. The van der Waals surface area contributed by atoms with Crippen LogP contribution in [0, 0.1) is 5.82 Å². The molecule has 168 valence electrons. The van der Waals surface area contributed by atoms with E-state index in [0.29, 0.717) is 29.6 Å². The highest BCUT2D eigenvalue weighted by Crippen LogP contribution is 2.19. The molecule has 1 aliphatic rings. The molecule has 1 atom stereocenters. The summed E-state index contributed by atoms with van der Waals surface area (Å²) in [6.07, 6.45) is 3.28. The molecule has 1 aliphatic heterocycles. The fraction of sp³-hybridized carbons (Fsp3) is 0.348. The lowest BCUT2D eigenvalue weighted by atomic mass is 10.0. The third-order valence-electron chi connectivity index (χ3n) is 5.76. The number of rotatable bonds is 6. The molecule has 1 unspecified atom stereocenters. The number of likely N-dealkylation sites (N-methyl/N-ethyl adjacent to an activating group) is 1. The second-order valence-corrected chi connectivity index (χ2v) is 8.31. The Bertz CT molecular complexity index is 1110. The quantitative estimate of drug-likeness (QED) is 0.555. The topological polar surface area (TPSA) is 87.3 Å². The van der Waals surface area contributed by atoms with Crippen molar-refractivity contribution >= 4 is 34.3 Å². The van der Waals surface area contributed by atoms with Gasteiger partial charge in [0.1, 0.15) is 22.7 Å². The smallest absolute Gasteiger partial charge is 0.268 e. The Morgan fingerprint density at radius 1 is 1.28 bits per heavy atom. The first-order valence-corrected chi connectivity index (χ1v) is 10.8. The van der Waals surface area contributed by atoms with Crippen molar-refractivity contribution in [2.24, 2.45) is 0 Å². The summed E-state index contributed by atoms with van der Waals surface area (Å²) in [7, 11) is 1.75. The highest BCUT2D eigenvalue weighted by atomic mass is 35.5. The van der Waals surface area contributed by atoms with Crippen molar-refractivity contribution in [1.29, 1.82) is 0 Å². The van der Waals surface area contributed by atoms with Crippen LogP contribution in [0.5, 0.6) is 0 Å². The number of ether oxygens (including phenoxy) is 1. The van der Waals surface area contributed by atoms with Gasteiger partial charge >= 0.3 is 0 Å². The van der Waals surface area contributed by atoms with Crippen molar-refractivity contribution in [3.63, 3.8) is 0 Å². The molecule has 0 spiro atoms. The van der Waals surface area contributed by atoms with E-state index in [1.54, 1.807) is 42.4 Å². The number of amides is 2. The number of aromatic amines is 1. The van der Waals surface area contributed by atoms with Gasteiger partial charge in [-0.2, -0.15) is 0 Å². The summed E-state index contributed by atoms with van der Waals surface area (Å²) < 4.78 is 18.7. The van der Waals surface area contributed by atoms with E-state index in [1.807, 2.05) is 0 Å². The van der Waals surface area contributed by atoms with Crippen molar-refractivity contribution in [2.45, 2.75) is 31.3 Å². The van der Waals surface area contributed by atoms with Crippen LogP contribution >= 0.6 is 11.6 Å². The van der Waals surface area contributed by atoms with E-state index in [2.05, 4.69) is 15.3 Å². The lowest BCUT2D eigenvalue weighted by Gasteiger charge is -2.34. The number of pyridine rings is 1. The number of hydrogen-bond acceptors (Lipinski definition) is 4. The number of H-pyrrole nitrogens is 1. The molecular formula is C23H24ClFN4O3. The van der Waals surface area contributed by atoms with Gasteiger partial charge in [-0.1, -0.05) is 23.7 Å². The summed E-state index contributed by atoms with van der Waals surface area (Å²) >= 11 is 5.93. The van der Waals surface area contributed by atoms with Gasteiger partial charge in [0, 0.05) is 38.1 Å². The Labute approximate surface area is 189 Å². The van der Waals surface area contributed by atoms with Gasteiger partial charge < -0.3 is 19.9 Å². The molecule has 4 rings (SSSR count). The van der Waals surface area contributed by atoms with Crippen molar-refractivity contribution in [2.75, 3.05) is 20.3 Å². The number of aromatic nitrogens is 2. The second kappa shape index (κ2) is 9.67. The Kier molecular flexibility index (Phi) is 6.72. The van der Waals surface area contributed by atoms with Gasteiger partial charge in [0.2, 0.25) is 5.91 Å². The first-order valence-electron chi connectivity index (χ1n) is 10.4. The van der Waals surface area contributed by atoms with E-state index in [1.165, 1.54) is 12.1 Å². The Hall–Kier alpha value is -2.97. The molecule has 1 aromatic carbocycles. The molecule has 3 aromatic rings. The molecule has 3 heterocycles. The third-order valence-corrected chi connectivity index (χ3v) is 5.97. The SMILES string of the molecule is CN(C(=O)C(Cc1ccc(F)cc1)NC(=O)c1cc2cc(Cl)ncc2[nH]1)C1CCOCC1. The fourth-order valence-electron chi connectivity index (χ4n) is 3.92. The van der Waals surface area contributed by atoms with Crippen LogP contribution in [-0.4, -0.2) is 59.0 Å². The van der Waals surface area contributed by atoms with E-state index in [-0.39, 0.29) is 24.2 Å². The molecule has 0 radical (unpaired) electrons. The molecule has 32 heavy (non-hydrogen) atoms. The molecule has 7 nitrogen and oxygen atoms in total. The molecule has 2 aromatic heterocycles. The lowest BCUT2D eigenvalue weighted by molar-refractivity contribution is -0.135. The van der Waals surface area contributed by atoms with Crippen LogP contribution in [0.1, 0.15) is 28.9 Å². The molecule has 0 saturated carbocycles. The van der Waals surface area contributed by atoms with Gasteiger partial charge in [-0.05, 0) is 42.7 Å². The van der Waals surface area contributed by atoms with E-state index in [0.717, 1.165) is 23.8 Å². The number of benzene rings is 1. The molecular weight excluding hydrogens is 435 g/mol. The monoisotopic (exact) mass is 458 g/mol. The van der Waals surface area contributed by atoms with Gasteiger partial charge in [0.15, 0.2) is 0 Å². The minimum atomic E-state index is -0.811. The van der Waals surface area contributed by atoms with E-state index in [9.17, 15) is 14.0 Å². The van der Waals surface area contributed by atoms with Crippen molar-refractivity contribution in [1.82, 2.24) is 20.2 Å². The maximum absolute atomic E-state index is 13.4. The molecule has 1 fully saturated rings. The predicted molar refractivity (Wildman–Crippen MR) is 119 cm³/mol. The van der Waals surface area contributed by atoms with Crippen LogP contribution in [0.4, 0.5) is 4.39 Å². The molecule has 0 aliphatic carbocycles. The fourth-order valence-corrected chi connectivity index (χ4v) is 4.08. The maximum Gasteiger partial charge on any atom is 0.268 e. The Morgan fingerprint density at radius 3 is 2.72 bits per heavy atom. The molecule has 0 bridgehead atoms. The minimum absolute atomic E-state index is 0.0464. The number of fused-ring (bicyclic) bond motifs is 1. The second-order valence-electron chi connectivity index (χ2n) is 7.93. The van der Waals surface area contributed by atoms with Crippen molar-refractivity contribution < 1.29 is 18.7 Å². The van der Waals surface area contributed by atoms with Gasteiger partial charge in [0.05, 0.1) is 11.7 Å². The van der Waals surface area contributed by atoms with Crippen LogP contribution in [0.3, 0.4) is 0 Å². The zero-order valence-corrected chi connectivity index (χ0v) is 18.4. The van der Waals surface area contributed by atoms with Crippen LogP contribution in [-0.2, 0) is 16.0 Å². The van der Waals surface area contributed by atoms with Gasteiger partial charge in [-0.25, -0.2) is 9.37 Å². The normalized spacial score (nSPS) is 15.5. The third kappa shape index (κ3) is 5.08. The highest BCUT2D eigenvalue weighted by molar-refractivity contribution is 6.30. The number of nitrogens with zero attached hydrogens (tertiary/aromatic N) is 2. The summed E-state index contributed by atoms with van der Waals surface area (Å²) in [4.78, 5) is 35.1. The first kappa shape index (κ1) is 22.2. The maximum atomic E-state index is 13.4. The van der Waals surface area contributed by atoms with E-state index < -0.39 is 11.9 Å². The number of nitrogens with one attached hydrogen (secondary N) is 2. The number of hydrogen-bond donors (Lipinski definition) is 2. The van der Waals surface area contributed by atoms with Crippen LogP contribution < -0.4 is 5.32 Å². The molecule has 1 saturated heterocycles. The van der Waals surface area contributed by atoms with Gasteiger partial charge in [0.25, 0.3) is 5.91 Å². The standard InChI is InChI=1S/C23H24ClFN4O3/c1-29(17-6-8-32-9-7-17)23(31)19(10-14-2-4-16(25)5-3-14)28-22(30)18-11-15-12-21(24)26-13-20(15)27-18/h2-5,11-13,17,19,27H,6-10H2,1H3,(H,28,30). The summed E-state index contributed by atoms with van der Waals surface area (Å²) in [5.41, 5.74) is 1.72. The first-order chi connectivity index (χ1) is 15.4. The zero-order chi connectivity index (χ0) is 22.7. The number of halogens is 2. The molecule has 9 heteroatoms. The Morgan fingerprint density at radius 2 is 2.00 bits per heavy atom. The summed E-state index contributed by atoms with van der Waals surface area (Å²) in [6, 6.07) is 8.48. The van der Waals surface area contributed by atoms with Crippen molar-refractivity contribution in [3.8, 4) is 0 Å². The van der Waals surface area contributed by atoms with Crippen LogP contribution in [0.25, 0.3) is 10.9 Å². The van der Waals surface area contributed by atoms with Crippen LogP contribution in [0.15, 0.2) is 42.6 Å². The van der Waals surface area contributed by atoms with E-state index in [4.69, 9.17) is 16.3 Å². The molecule has 2 N–H and O–H groups in total. The minimum Gasteiger partial charge on any atom is -0.381 e. The van der Waals surface area contributed by atoms with Gasteiger partial charge in [-0.3, -0.25) is 9.59 Å². The predicted octanol–water partition coefficient (Wildman–Crippen LogP) is 3.33. The largest absolute Gasteiger partial charge is 0.381 e. The van der Waals surface area contributed by atoms with Gasteiger partial charge in [-0.15, -0.1) is 0 Å². The average molecular weight is 459 g/mol. The number of carbonyl (C=O) groups is 2. The highest BCUT2D eigenvalue weighted by Gasteiger charge is 2.30.